The molecule has 2 rings (SSSR count). The minimum Gasteiger partial charge on any atom is -0.481 e. The van der Waals surface area contributed by atoms with Crippen LogP contribution in [0.3, 0.4) is 0 Å². The molecule has 0 heterocycles. The van der Waals surface area contributed by atoms with E-state index in [1.807, 2.05) is 19.2 Å². The molecule has 0 aromatic heterocycles. The summed E-state index contributed by atoms with van der Waals surface area (Å²) in [5.41, 5.74) is 0.728. The highest BCUT2D eigenvalue weighted by atomic mass is 35.5. The maximum Gasteiger partial charge on any atom is 0.305 e. The Morgan fingerprint density at radius 2 is 1.95 bits per heavy atom. The summed E-state index contributed by atoms with van der Waals surface area (Å²) in [5, 5.41) is 10.5. The SMILES string of the molecule is CN(Cc1ccc(Cl)cc1Cl)C1(CC(=O)O)CCCCC1. The lowest BCUT2D eigenvalue weighted by atomic mass is 9.78. The summed E-state index contributed by atoms with van der Waals surface area (Å²) in [7, 11) is 2.00. The molecule has 1 aromatic rings. The Labute approximate surface area is 135 Å². The largest absolute Gasteiger partial charge is 0.481 e. The number of hydrogen-bond donors (Lipinski definition) is 1. The lowest BCUT2D eigenvalue weighted by molar-refractivity contribution is -0.141. The van der Waals surface area contributed by atoms with Crippen LogP contribution < -0.4 is 0 Å². The van der Waals surface area contributed by atoms with Gasteiger partial charge in [0, 0.05) is 22.1 Å². The van der Waals surface area contributed by atoms with Gasteiger partial charge in [-0.3, -0.25) is 9.69 Å². The molecular formula is C16H21Cl2NO2. The topological polar surface area (TPSA) is 40.5 Å². The molecule has 1 aliphatic carbocycles. The second kappa shape index (κ2) is 6.99. The normalized spacial score (nSPS) is 17.9. The first kappa shape index (κ1) is 16.6. The number of benzene rings is 1. The van der Waals surface area contributed by atoms with Gasteiger partial charge in [0.15, 0.2) is 0 Å². The minimum atomic E-state index is -0.731. The van der Waals surface area contributed by atoms with Gasteiger partial charge in [-0.25, -0.2) is 0 Å². The highest BCUT2D eigenvalue weighted by Gasteiger charge is 2.38. The molecule has 0 atom stereocenters. The van der Waals surface area contributed by atoms with E-state index in [2.05, 4.69) is 4.90 Å². The van der Waals surface area contributed by atoms with Gasteiger partial charge in [0.1, 0.15) is 0 Å². The van der Waals surface area contributed by atoms with E-state index in [9.17, 15) is 9.90 Å². The molecule has 0 unspecified atom stereocenters. The van der Waals surface area contributed by atoms with Crippen LogP contribution in [0.25, 0.3) is 0 Å². The summed E-state index contributed by atoms with van der Waals surface area (Å²) in [6.07, 6.45) is 5.42. The lowest BCUT2D eigenvalue weighted by Gasteiger charge is -2.44. The van der Waals surface area contributed by atoms with Gasteiger partial charge in [0.2, 0.25) is 0 Å². The Morgan fingerprint density at radius 3 is 2.52 bits per heavy atom. The van der Waals surface area contributed by atoms with Crippen molar-refractivity contribution in [1.29, 1.82) is 0 Å². The van der Waals surface area contributed by atoms with E-state index >= 15 is 0 Å². The first-order valence-corrected chi connectivity index (χ1v) is 8.05. The molecule has 1 aromatic carbocycles. The van der Waals surface area contributed by atoms with Gasteiger partial charge in [0.25, 0.3) is 0 Å². The fraction of sp³-hybridized carbons (Fsp3) is 0.562. The molecule has 0 spiro atoms. The van der Waals surface area contributed by atoms with Crippen LogP contribution in [0.2, 0.25) is 10.0 Å². The molecule has 0 saturated heterocycles. The average Bonchev–Trinajstić information content (AvgIpc) is 2.42. The first-order chi connectivity index (χ1) is 9.93. The highest BCUT2D eigenvalue weighted by molar-refractivity contribution is 6.35. The van der Waals surface area contributed by atoms with Crippen molar-refractivity contribution in [2.24, 2.45) is 0 Å². The Balaban J connectivity index is 2.17. The number of halogens is 2. The van der Waals surface area contributed by atoms with Crippen molar-refractivity contribution in [3.63, 3.8) is 0 Å². The van der Waals surface area contributed by atoms with Crippen molar-refractivity contribution in [2.45, 2.75) is 50.6 Å². The molecule has 116 valence electrons. The lowest BCUT2D eigenvalue weighted by Crippen LogP contribution is -2.49. The van der Waals surface area contributed by atoms with Gasteiger partial charge >= 0.3 is 5.97 Å². The first-order valence-electron chi connectivity index (χ1n) is 7.30. The van der Waals surface area contributed by atoms with E-state index in [0.29, 0.717) is 16.6 Å². The van der Waals surface area contributed by atoms with E-state index in [0.717, 1.165) is 31.2 Å². The Morgan fingerprint density at radius 1 is 1.29 bits per heavy atom. The van der Waals surface area contributed by atoms with Crippen molar-refractivity contribution in [1.82, 2.24) is 4.90 Å². The minimum absolute atomic E-state index is 0.189. The Bertz CT molecular complexity index is 513. The van der Waals surface area contributed by atoms with Gasteiger partial charge in [-0.1, -0.05) is 48.5 Å². The molecule has 0 bridgehead atoms. The number of carboxylic acids is 1. The van der Waals surface area contributed by atoms with Crippen LogP contribution in [0.15, 0.2) is 18.2 Å². The van der Waals surface area contributed by atoms with Gasteiger partial charge < -0.3 is 5.11 Å². The predicted molar refractivity (Wildman–Crippen MR) is 86.0 cm³/mol. The van der Waals surface area contributed by atoms with Gasteiger partial charge in [-0.2, -0.15) is 0 Å². The summed E-state index contributed by atoms with van der Waals surface area (Å²) in [4.78, 5) is 13.4. The summed E-state index contributed by atoms with van der Waals surface area (Å²) in [6.45, 7) is 0.642. The average molecular weight is 330 g/mol. The number of nitrogens with zero attached hydrogens (tertiary/aromatic N) is 1. The van der Waals surface area contributed by atoms with E-state index in [4.69, 9.17) is 23.2 Å². The maximum atomic E-state index is 11.3. The maximum absolute atomic E-state index is 11.3. The van der Waals surface area contributed by atoms with Crippen LogP contribution in [-0.2, 0) is 11.3 Å². The van der Waals surface area contributed by atoms with Crippen molar-refractivity contribution in [3.05, 3.63) is 33.8 Å². The fourth-order valence-electron chi connectivity index (χ4n) is 3.26. The molecule has 21 heavy (non-hydrogen) atoms. The molecule has 0 aliphatic heterocycles. The molecule has 1 fully saturated rings. The third kappa shape index (κ3) is 4.12. The molecule has 3 nitrogen and oxygen atoms in total. The van der Waals surface area contributed by atoms with Crippen molar-refractivity contribution >= 4 is 29.2 Å². The van der Waals surface area contributed by atoms with Crippen molar-refractivity contribution in [3.8, 4) is 0 Å². The number of carboxylic acid groups (broad SMARTS) is 1. The van der Waals surface area contributed by atoms with Crippen LogP contribution in [0.1, 0.15) is 44.1 Å². The molecule has 0 amide bonds. The van der Waals surface area contributed by atoms with E-state index in [1.54, 1.807) is 6.07 Å². The number of hydrogen-bond acceptors (Lipinski definition) is 2. The van der Waals surface area contributed by atoms with Crippen molar-refractivity contribution < 1.29 is 9.90 Å². The van der Waals surface area contributed by atoms with Gasteiger partial charge in [0.05, 0.1) is 6.42 Å². The van der Waals surface area contributed by atoms with Crippen LogP contribution in [0.4, 0.5) is 0 Å². The van der Waals surface area contributed by atoms with E-state index in [1.165, 1.54) is 6.42 Å². The quantitative estimate of drug-likeness (QED) is 0.857. The van der Waals surface area contributed by atoms with Crippen molar-refractivity contribution in [2.75, 3.05) is 7.05 Å². The second-order valence-electron chi connectivity index (χ2n) is 5.95. The summed E-state index contributed by atoms with van der Waals surface area (Å²) >= 11 is 12.2. The second-order valence-corrected chi connectivity index (χ2v) is 6.79. The predicted octanol–water partition coefficient (Wildman–Crippen LogP) is 4.60. The van der Waals surface area contributed by atoms with Crippen LogP contribution >= 0.6 is 23.2 Å². The zero-order chi connectivity index (χ0) is 15.5. The standard InChI is InChI=1S/C16H21Cl2NO2/c1-19(11-12-5-6-13(17)9-14(12)18)16(10-15(20)21)7-3-2-4-8-16/h5-6,9H,2-4,7-8,10-11H2,1H3,(H,20,21). The third-order valence-corrected chi connectivity index (χ3v) is 5.08. The molecule has 1 aliphatic rings. The van der Waals surface area contributed by atoms with Crippen LogP contribution in [0, 0.1) is 0 Å². The number of aliphatic carboxylic acids is 1. The van der Waals surface area contributed by atoms with Crippen LogP contribution in [0.5, 0.6) is 0 Å². The molecule has 1 N–H and O–H groups in total. The monoisotopic (exact) mass is 329 g/mol. The smallest absolute Gasteiger partial charge is 0.305 e. The molecule has 5 heteroatoms. The number of carbonyl (C=O) groups is 1. The Hall–Kier alpha value is -0.770. The zero-order valence-corrected chi connectivity index (χ0v) is 13.8. The summed E-state index contributed by atoms with van der Waals surface area (Å²) in [6, 6.07) is 5.47. The van der Waals surface area contributed by atoms with Gasteiger partial charge in [-0.05, 0) is 37.6 Å². The third-order valence-electron chi connectivity index (χ3n) is 4.50. The molecular weight excluding hydrogens is 309 g/mol. The number of rotatable bonds is 5. The van der Waals surface area contributed by atoms with E-state index in [-0.39, 0.29) is 12.0 Å². The molecule has 1 saturated carbocycles. The summed E-state index contributed by atoms with van der Waals surface area (Å²) < 4.78 is 0. The van der Waals surface area contributed by atoms with Crippen LogP contribution in [-0.4, -0.2) is 28.6 Å². The molecule has 0 radical (unpaired) electrons. The fourth-order valence-corrected chi connectivity index (χ4v) is 3.73. The summed E-state index contributed by atoms with van der Waals surface area (Å²) in [5.74, 6) is -0.731. The van der Waals surface area contributed by atoms with E-state index < -0.39 is 5.97 Å². The Kier molecular flexibility index (Phi) is 5.53. The zero-order valence-electron chi connectivity index (χ0n) is 12.2. The van der Waals surface area contributed by atoms with Gasteiger partial charge in [-0.15, -0.1) is 0 Å². The highest BCUT2D eigenvalue weighted by Crippen LogP contribution is 2.37.